The number of rotatable bonds is 6. The molecule has 0 bridgehead atoms. The van der Waals surface area contributed by atoms with E-state index in [-0.39, 0.29) is 13.0 Å². The summed E-state index contributed by atoms with van der Waals surface area (Å²) >= 11 is 0. The Morgan fingerprint density at radius 3 is 2.40 bits per heavy atom. The summed E-state index contributed by atoms with van der Waals surface area (Å²) in [5, 5.41) is 7.68. The minimum Gasteiger partial charge on any atom is -0.383 e. The second-order valence-electron chi connectivity index (χ2n) is 3.99. The van der Waals surface area contributed by atoms with Crippen LogP contribution < -0.4 is 4.72 Å². The van der Waals surface area contributed by atoms with E-state index in [1.807, 2.05) is 0 Å². The maximum Gasteiger partial charge on any atom is 0.228 e. The molecule has 0 aliphatic rings. The van der Waals surface area contributed by atoms with Gasteiger partial charge in [-0.2, -0.15) is 5.26 Å². The first-order valence-electron chi connectivity index (χ1n) is 4.70. The van der Waals surface area contributed by atoms with Crippen molar-refractivity contribution < 1.29 is 13.2 Å². The summed E-state index contributed by atoms with van der Waals surface area (Å²) in [7, 11) is -2.10. The molecule has 0 rings (SSSR count). The molecular weight excluding hydrogens is 216 g/mol. The van der Waals surface area contributed by atoms with Crippen molar-refractivity contribution in [3.05, 3.63) is 0 Å². The van der Waals surface area contributed by atoms with Gasteiger partial charge in [0.15, 0.2) is 5.25 Å². The van der Waals surface area contributed by atoms with Crippen LogP contribution in [0.25, 0.3) is 0 Å². The minimum absolute atomic E-state index is 0.258. The lowest BCUT2D eigenvalue weighted by Gasteiger charge is -2.25. The second kappa shape index (κ2) is 5.45. The zero-order valence-electron chi connectivity index (χ0n) is 9.57. The average molecular weight is 234 g/mol. The van der Waals surface area contributed by atoms with E-state index in [9.17, 15) is 8.42 Å². The smallest absolute Gasteiger partial charge is 0.228 e. The molecule has 15 heavy (non-hydrogen) atoms. The van der Waals surface area contributed by atoms with Crippen LogP contribution in [0, 0.1) is 11.3 Å². The highest BCUT2D eigenvalue weighted by molar-refractivity contribution is 7.90. The Kier molecular flexibility index (Phi) is 5.21. The summed E-state index contributed by atoms with van der Waals surface area (Å²) in [6.07, 6.45) is 0.273. The summed E-state index contributed by atoms with van der Waals surface area (Å²) in [4.78, 5) is 0. The standard InChI is InChI=1S/C9H18N2O3S/c1-5-8(6-10)15(12,13)11-9(2,3)7-14-4/h8,11H,5,7H2,1-4H3. The van der Waals surface area contributed by atoms with E-state index < -0.39 is 20.8 Å². The highest BCUT2D eigenvalue weighted by atomic mass is 32.2. The fraction of sp³-hybridized carbons (Fsp3) is 0.889. The Morgan fingerprint density at radius 1 is 1.53 bits per heavy atom. The Labute approximate surface area is 91.5 Å². The molecule has 0 heterocycles. The highest BCUT2D eigenvalue weighted by Crippen LogP contribution is 2.10. The van der Waals surface area contributed by atoms with Gasteiger partial charge in [0, 0.05) is 7.11 Å². The van der Waals surface area contributed by atoms with Gasteiger partial charge in [0.1, 0.15) is 0 Å². The molecular formula is C9H18N2O3S. The van der Waals surface area contributed by atoms with Gasteiger partial charge in [0.05, 0.1) is 18.2 Å². The Morgan fingerprint density at radius 2 is 2.07 bits per heavy atom. The largest absolute Gasteiger partial charge is 0.383 e. The van der Waals surface area contributed by atoms with Gasteiger partial charge in [-0.15, -0.1) is 0 Å². The van der Waals surface area contributed by atoms with Crippen molar-refractivity contribution in [1.82, 2.24) is 4.72 Å². The van der Waals surface area contributed by atoms with Crippen molar-refractivity contribution in [2.75, 3.05) is 13.7 Å². The van der Waals surface area contributed by atoms with E-state index in [0.29, 0.717) is 0 Å². The zero-order valence-corrected chi connectivity index (χ0v) is 10.4. The molecule has 0 aromatic carbocycles. The molecule has 0 amide bonds. The van der Waals surface area contributed by atoms with Crippen molar-refractivity contribution in [3.8, 4) is 6.07 Å². The molecule has 0 fully saturated rings. The maximum absolute atomic E-state index is 11.7. The highest BCUT2D eigenvalue weighted by Gasteiger charge is 2.30. The van der Waals surface area contributed by atoms with E-state index in [1.54, 1.807) is 26.8 Å². The van der Waals surface area contributed by atoms with Crippen LogP contribution in [-0.2, 0) is 14.8 Å². The monoisotopic (exact) mass is 234 g/mol. The molecule has 0 aliphatic heterocycles. The molecule has 88 valence electrons. The van der Waals surface area contributed by atoms with Gasteiger partial charge in [-0.1, -0.05) is 6.92 Å². The van der Waals surface area contributed by atoms with E-state index in [1.165, 1.54) is 7.11 Å². The van der Waals surface area contributed by atoms with Crippen LogP contribution in [0.2, 0.25) is 0 Å². The molecule has 1 atom stereocenters. The molecule has 6 heteroatoms. The quantitative estimate of drug-likeness (QED) is 0.731. The predicted octanol–water partition coefficient (Wildman–Crippen LogP) is 0.633. The van der Waals surface area contributed by atoms with Crippen molar-refractivity contribution >= 4 is 10.0 Å². The lowest BCUT2D eigenvalue weighted by molar-refractivity contribution is 0.141. The van der Waals surface area contributed by atoms with Crippen LogP contribution in [0.5, 0.6) is 0 Å². The molecule has 5 nitrogen and oxygen atoms in total. The number of nitrogens with zero attached hydrogens (tertiary/aromatic N) is 1. The molecule has 0 aromatic heterocycles. The third-order valence-electron chi connectivity index (χ3n) is 1.81. The van der Waals surface area contributed by atoms with Gasteiger partial charge in [-0.3, -0.25) is 0 Å². The molecule has 1 unspecified atom stereocenters. The predicted molar refractivity (Wildman–Crippen MR) is 57.7 cm³/mol. The average Bonchev–Trinajstić information content (AvgIpc) is 2.02. The second-order valence-corrected chi connectivity index (χ2v) is 5.85. The normalized spacial score (nSPS) is 14.6. The molecule has 0 radical (unpaired) electrons. The van der Waals surface area contributed by atoms with Crippen molar-refractivity contribution in [1.29, 1.82) is 5.26 Å². The summed E-state index contributed by atoms with van der Waals surface area (Å²) in [5.41, 5.74) is -0.697. The third kappa shape index (κ3) is 4.60. The third-order valence-corrected chi connectivity index (χ3v) is 3.84. The molecule has 1 N–H and O–H groups in total. The SMILES string of the molecule is CCC(C#N)S(=O)(=O)NC(C)(C)COC. The van der Waals surface area contributed by atoms with E-state index >= 15 is 0 Å². The van der Waals surface area contributed by atoms with Crippen molar-refractivity contribution in [3.63, 3.8) is 0 Å². The first kappa shape index (κ1) is 14.4. The minimum atomic E-state index is -3.59. The van der Waals surface area contributed by atoms with Crippen molar-refractivity contribution in [2.45, 2.75) is 38.0 Å². The topological polar surface area (TPSA) is 79.2 Å². The van der Waals surface area contributed by atoms with E-state index in [0.717, 1.165) is 0 Å². The maximum atomic E-state index is 11.7. The van der Waals surface area contributed by atoms with Crippen LogP contribution in [0.1, 0.15) is 27.2 Å². The molecule has 0 saturated carbocycles. The van der Waals surface area contributed by atoms with E-state index in [2.05, 4.69) is 4.72 Å². The van der Waals surface area contributed by atoms with Gasteiger partial charge >= 0.3 is 0 Å². The van der Waals surface area contributed by atoms with Crippen LogP contribution in [0.4, 0.5) is 0 Å². The lowest BCUT2D eigenvalue weighted by atomic mass is 10.1. The molecule has 0 aromatic rings. The summed E-state index contributed by atoms with van der Waals surface area (Å²) in [5.74, 6) is 0. The molecule has 0 aliphatic carbocycles. The van der Waals surface area contributed by atoms with Crippen LogP contribution in [0.15, 0.2) is 0 Å². The summed E-state index contributed by atoms with van der Waals surface area (Å²) in [6, 6.07) is 1.77. The van der Waals surface area contributed by atoms with Crippen LogP contribution in [0.3, 0.4) is 0 Å². The fourth-order valence-electron chi connectivity index (χ4n) is 1.23. The van der Waals surface area contributed by atoms with Crippen molar-refractivity contribution in [2.24, 2.45) is 0 Å². The van der Waals surface area contributed by atoms with Gasteiger partial charge in [-0.25, -0.2) is 13.1 Å². The van der Waals surface area contributed by atoms with Gasteiger partial charge in [0.2, 0.25) is 10.0 Å². The first-order chi connectivity index (χ1) is 6.79. The number of sulfonamides is 1. The lowest BCUT2D eigenvalue weighted by Crippen LogP contribution is -2.49. The Hall–Kier alpha value is -0.640. The van der Waals surface area contributed by atoms with Crippen LogP contribution >= 0.6 is 0 Å². The van der Waals surface area contributed by atoms with E-state index in [4.69, 9.17) is 10.00 Å². The number of ether oxygens (including phenoxy) is 1. The van der Waals surface area contributed by atoms with Gasteiger partial charge < -0.3 is 4.74 Å². The summed E-state index contributed by atoms with van der Waals surface area (Å²) in [6.45, 7) is 5.33. The van der Waals surface area contributed by atoms with Gasteiger partial charge in [-0.05, 0) is 20.3 Å². The molecule has 0 spiro atoms. The number of hydrogen-bond acceptors (Lipinski definition) is 4. The Bertz CT molecular complexity index is 330. The fourth-order valence-corrected chi connectivity index (χ4v) is 2.78. The number of hydrogen-bond donors (Lipinski definition) is 1. The Balaban J connectivity index is 4.72. The number of methoxy groups -OCH3 is 1. The number of nitriles is 1. The van der Waals surface area contributed by atoms with Gasteiger partial charge in [0.25, 0.3) is 0 Å². The number of nitrogens with one attached hydrogen (secondary N) is 1. The molecule has 0 saturated heterocycles. The van der Waals surface area contributed by atoms with Crippen LogP contribution in [-0.4, -0.2) is 32.9 Å². The summed E-state index contributed by atoms with van der Waals surface area (Å²) < 4.78 is 30.7. The zero-order chi connectivity index (χ0) is 12.1. The first-order valence-corrected chi connectivity index (χ1v) is 6.25.